The molecule has 2 aromatic rings. The average molecular weight is 395 g/mol. The second-order valence-electron chi connectivity index (χ2n) is 7.58. The molecule has 7 heteroatoms. The van der Waals surface area contributed by atoms with Crippen LogP contribution in [0.3, 0.4) is 0 Å². The molecule has 1 N–H and O–H groups in total. The van der Waals surface area contributed by atoms with Gasteiger partial charge >= 0.3 is 0 Å². The van der Waals surface area contributed by atoms with Crippen LogP contribution in [0.2, 0.25) is 0 Å². The van der Waals surface area contributed by atoms with Crippen LogP contribution in [0, 0.1) is 13.8 Å². The fourth-order valence-corrected chi connectivity index (χ4v) is 3.74. The van der Waals surface area contributed by atoms with E-state index in [0.29, 0.717) is 39.1 Å². The number of carbonyl (C=O) groups is 2. The van der Waals surface area contributed by atoms with E-state index in [1.165, 1.54) is 0 Å². The molecule has 2 aliphatic rings. The molecule has 0 unspecified atom stereocenters. The number of aromatic nitrogens is 1. The molecular weight excluding hydrogens is 370 g/mol. The normalized spacial score (nSPS) is 18.1. The molecule has 0 bridgehead atoms. The molecule has 29 heavy (non-hydrogen) atoms. The molecule has 2 aliphatic heterocycles. The third-order valence-electron chi connectivity index (χ3n) is 5.47. The number of pyridine rings is 1. The topological polar surface area (TPSA) is 80.8 Å². The van der Waals surface area contributed by atoms with Crippen LogP contribution in [0.5, 0.6) is 0 Å². The molecule has 0 radical (unpaired) electrons. The van der Waals surface area contributed by atoms with Gasteiger partial charge in [0.05, 0.1) is 13.2 Å². The van der Waals surface area contributed by atoms with Gasteiger partial charge in [0.2, 0.25) is 0 Å². The molecule has 0 atom stereocenters. The van der Waals surface area contributed by atoms with E-state index in [-0.39, 0.29) is 23.2 Å². The number of benzene rings is 1. The van der Waals surface area contributed by atoms with Crippen molar-refractivity contribution in [3.05, 3.63) is 58.9 Å². The fourth-order valence-electron chi connectivity index (χ4n) is 3.74. The Hall–Kier alpha value is -2.77. The van der Waals surface area contributed by atoms with Crippen LogP contribution >= 0.6 is 0 Å². The van der Waals surface area contributed by atoms with Gasteiger partial charge in [-0.15, -0.1) is 0 Å². The lowest BCUT2D eigenvalue weighted by Crippen LogP contribution is -2.47. The number of nitrogens with zero attached hydrogens (tertiary/aromatic N) is 2. The van der Waals surface area contributed by atoms with Crippen molar-refractivity contribution in [2.24, 2.45) is 0 Å². The van der Waals surface area contributed by atoms with Gasteiger partial charge in [-0.2, -0.15) is 0 Å². The number of rotatable bonds is 3. The number of piperidine rings is 1. The molecule has 1 aromatic heterocycles. The van der Waals surface area contributed by atoms with Crippen LogP contribution in [0.15, 0.2) is 36.4 Å². The standard InChI is InChI=1S/C22H25N3O4/c1-15-6-7-16(2)19(14-15)24-20(26)17-4-3-5-18(23-17)21(27)25-10-8-22(9-11-25)28-12-13-29-22/h3-7,14H,8-13H2,1-2H3,(H,24,26). The zero-order valence-electron chi connectivity index (χ0n) is 16.7. The number of hydrogen-bond acceptors (Lipinski definition) is 5. The SMILES string of the molecule is Cc1ccc(C)c(NC(=O)c2cccc(C(=O)N3CCC4(CC3)OCCO4)n2)c1. The first-order valence-electron chi connectivity index (χ1n) is 9.89. The van der Waals surface area contributed by atoms with Crippen molar-refractivity contribution < 1.29 is 19.1 Å². The van der Waals surface area contributed by atoms with E-state index in [2.05, 4.69) is 10.3 Å². The summed E-state index contributed by atoms with van der Waals surface area (Å²) in [6, 6.07) is 10.8. The van der Waals surface area contributed by atoms with Crippen molar-refractivity contribution in [1.29, 1.82) is 0 Å². The second kappa shape index (κ2) is 7.93. The van der Waals surface area contributed by atoms with Crippen molar-refractivity contribution in [2.75, 3.05) is 31.6 Å². The van der Waals surface area contributed by atoms with E-state index in [4.69, 9.17) is 9.47 Å². The van der Waals surface area contributed by atoms with E-state index in [0.717, 1.165) is 16.8 Å². The Balaban J connectivity index is 1.45. The molecule has 0 aliphatic carbocycles. The van der Waals surface area contributed by atoms with E-state index in [1.807, 2.05) is 32.0 Å². The first-order valence-corrected chi connectivity index (χ1v) is 9.89. The lowest BCUT2D eigenvalue weighted by atomic mass is 10.0. The number of likely N-dealkylation sites (tertiary alicyclic amines) is 1. The average Bonchev–Trinajstić information content (AvgIpc) is 3.19. The molecule has 3 heterocycles. The maximum absolute atomic E-state index is 12.9. The number of hydrogen-bond donors (Lipinski definition) is 1. The summed E-state index contributed by atoms with van der Waals surface area (Å²) in [5.74, 6) is -1.05. The van der Waals surface area contributed by atoms with Gasteiger partial charge in [-0.25, -0.2) is 4.98 Å². The van der Waals surface area contributed by atoms with Gasteiger partial charge in [-0.1, -0.05) is 18.2 Å². The van der Waals surface area contributed by atoms with E-state index >= 15 is 0 Å². The summed E-state index contributed by atoms with van der Waals surface area (Å²) in [5.41, 5.74) is 3.25. The molecule has 2 amide bonds. The summed E-state index contributed by atoms with van der Waals surface area (Å²) in [6.45, 7) is 6.19. The summed E-state index contributed by atoms with van der Waals surface area (Å²) in [6.07, 6.45) is 1.29. The molecule has 2 fully saturated rings. The van der Waals surface area contributed by atoms with Gasteiger partial charge in [0.1, 0.15) is 11.4 Å². The number of nitrogens with one attached hydrogen (secondary N) is 1. The van der Waals surface area contributed by atoms with Gasteiger partial charge in [-0.3, -0.25) is 9.59 Å². The van der Waals surface area contributed by atoms with Crippen LogP contribution < -0.4 is 5.32 Å². The van der Waals surface area contributed by atoms with Crippen LogP contribution in [0.1, 0.15) is 44.9 Å². The highest BCUT2D eigenvalue weighted by Gasteiger charge is 2.41. The molecule has 0 saturated carbocycles. The van der Waals surface area contributed by atoms with Gasteiger partial charge in [0, 0.05) is 31.6 Å². The third-order valence-corrected chi connectivity index (χ3v) is 5.47. The zero-order chi connectivity index (χ0) is 20.4. The first-order chi connectivity index (χ1) is 14.0. The predicted octanol–water partition coefficient (Wildman–Crippen LogP) is 2.93. The highest BCUT2D eigenvalue weighted by atomic mass is 16.7. The number of ether oxygens (including phenoxy) is 2. The first kappa shape index (κ1) is 19.5. The van der Waals surface area contributed by atoms with Crippen molar-refractivity contribution in [2.45, 2.75) is 32.5 Å². The van der Waals surface area contributed by atoms with Crippen LogP contribution in [0.25, 0.3) is 0 Å². The summed E-state index contributed by atoms with van der Waals surface area (Å²) in [5, 5.41) is 2.89. The lowest BCUT2D eigenvalue weighted by molar-refractivity contribution is -0.181. The summed E-state index contributed by atoms with van der Waals surface area (Å²) >= 11 is 0. The Morgan fingerprint density at radius 1 is 1.03 bits per heavy atom. The molecule has 2 saturated heterocycles. The molecule has 1 aromatic carbocycles. The zero-order valence-corrected chi connectivity index (χ0v) is 16.7. The van der Waals surface area contributed by atoms with Gasteiger partial charge < -0.3 is 19.7 Å². The van der Waals surface area contributed by atoms with E-state index in [9.17, 15) is 9.59 Å². The third kappa shape index (κ3) is 4.16. The smallest absolute Gasteiger partial charge is 0.274 e. The Kier molecular flexibility index (Phi) is 5.34. The van der Waals surface area contributed by atoms with E-state index < -0.39 is 5.79 Å². The fraction of sp³-hybridized carbons (Fsp3) is 0.409. The molecule has 152 valence electrons. The van der Waals surface area contributed by atoms with Crippen LogP contribution in [-0.2, 0) is 9.47 Å². The highest BCUT2D eigenvalue weighted by Crippen LogP contribution is 2.31. The second-order valence-corrected chi connectivity index (χ2v) is 7.58. The lowest BCUT2D eigenvalue weighted by Gasteiger charge is -2.37. The minimum Gasteiger partial charge on any atom is -0.347 e. The predicted molar refractivity (Wildman–Crippen MR) is 108 cm³/mol. The monoisotopic (exact) mass is 395 g/mol. The van der Waals surface area contributed by atoms with Gasteiger partial charge in [0.25, 0.3) is 11.8 Å². The van der Waals surface area contributed by atoms with Crippen LogP contribution in [-0.4, -0.2) is 53.8 Å². The number of amides is 2. The quantitative estimate of drug-likeness (QED) is 0.864. The molecule has 1 spiro atoms. The Morgan fingerprint density at radius 2 is 1.72 bits per heavy atom. The van der Waals surface area contributed by atoms with Gasteiger partial charge in [0.15, 0.2) is 5.79 Å². The Labute approximate surface area is 170 Å². The van der Waals surface area contributed by atoms with E-state index in [1.54, 1.807) is 23.1 Å². The Bertz CT molecular complexity index is 927. The maximum atomic E-state index is 12.9. The van der Waals surface area contributed by atoms with Crippen molar-refractivity contribution in [3.63, 3.8) is 0 Å². The minimum absolute atomic E-state index is 0.181. The number of aryl methyl sites for hydroxylation is 2. The maximum Gasteiger partial charge on any atom is 0.274 e. The molecular formula is C22H25N3O4. The summed E-state index contributed by atoms with van der Waals surface area (Å²) in [7, 11) is 0. The van der Waals surface area contributed by atoms with Crippen molar-refractivity contribution in [1.82, 2.24) is 9.88 Å². The van der Waals surface area contributed by atoms with Gasteiger partial charge in [-0.05, 0) is 43.2 Å². The number of anilines is 1. The van der Waals surface area contributed by atoms with Crippen molar-refractivity contribution in [3.8, 4) is 0 Å². The molecule has 4 rings (SSSR count). The minimum atomic E-state index is -0.530. The summed E-state index contributed by atoms with van der Waals surface area (Å²) < 4.78 is 11.4. The number of carbonyl (C=O) groups excluding carboxylic acids is 2. The van der Waals surface area contributed by atoms with Crippen molar-refractivity contribution >= 4 is 17.5 Å². The van der Waals surface area contributed by atoms with Crippen LogP contribution in [0.4, 0.5) is 5.69 Å². The molecule has 7 nitrogen and oxygen atoms in total. The Morgan fingerprint density at radius 3 is 2.45 bits per heavy atom. The summed E-state index contributed by atoms with van der Waals surface area (Å²) in [4.78, 5) is 31.6. The largest absolute Gasteiger partial charge is 0.347 e. The highest BCUT2D eigenvalue weighted by molar-refractivity contribution is 6.04.